The first-order chi connectivity index (χ1) is 17.9. The lowest BCUT2D eigenvalue weighted by molar-refractivity contribution is -0.229. The molecule has 4 aliphatic rings. The molecule has 38 heavy (non-hydrogen) atoms. The maximum absolute atomic E-state index is 13.9. The lowest BCUT2D eigenvalue weighted by Gasteiger charge is -2.46. The average Bonchev–Trinajstić information content (AvgIpc) is 2.89. The van der Waals surface area contributed by atoms with Crippen LogP contribution in [0.1, 0.15) is 83.5 Å². The fraction of sp³-hybridized carbons (Fsp3) is 0.964. The molecule has 4 nitrogen and oxygen atoms in total. The van der Waals surface area contributed by atoms with Crippen LogP contribution >= 0.6 is 0 Å². The third kappa shape index (κ3) is 7.58. The molecule has 220 valence electrons. The molecular formula is C28H45F6N3O. The standard InChI is InChI=1S/C28H45F6N3O/c1-35(19-20-16-22(27(29,30)31)18-23(17-20)28(32,33)34)26(38)25(21-8-4-2-5-9-21)37-14-12-36(13-15-37)24-10-6-3-7-11-24/h20-25H,2-19H2,1H3. The van der Waals surface area contributed by atoms with Crippen LogP contribution in [0, 0.1) is 23.7 Å². The molecule has 0 aromatic rings. The van der Waals surface area contributed by atoms with Crippen LogP contribution in [0.3, 0.4) is 0 Å². The van der Waals surface area contributed by atoms with Crippen LogP contribution in [-0.4, -0.2) is 84.8 Å². The molecule has 0 spiro atoms. The van der Waals surface area contributed by atoms with Gasteiger partial charge in [0.25, 0.3) is 0 Å². The summed E-state index contributed by atoms with van der Waals surface area (Å²) in [6, 6.07) is 0.279. The number of hydrogen-bond donors (Lipinski definition) is 0. The van der Waals surface area contributed by atoms with Crippen LogP contribution in [0.2, 0.25) is 0 Å². The van der Waals surface area contributed by atoms with Crippen molar-refractivity contribution in [2.45, 2.75) is 108 Å². The van der Waals surface area contributed by atoms with Crippen molar-refractivity contribution in [3.63, 3.8) is 0 Å². The largest absolute Gasteiger partial charge is 0.391 e. The fourth-order valence-electron chi connectivity index (χ4n) is 7.76. The van der Waals surface area contributed by atoms with Gasteiger partial charge in [0.15, 0.2) is 0 Å². The van der Waals surface area contributed by atoms with Crippen molar-refractivity contribution in [1.29, 1.82) is 0 Å². The molecule has 0 radical (unpaired) electrons. The number of carbonyl (C=O) groups excluding carboxylic acids is 1. The highest BCUT2D eigenvalue weighted by Gasteiger charge is 2.52. The number of rotatable bonds is 6. The van der Waals surface area contributed by atoms with E-state index >= 15 is 0 Å². The number of piperazine rings is 1. The summed E-state index contributed by atoms with van der Waals surface area (Å²) in [6.07, 6.45) is 0.534. The Kier molecular flexibility index (Phi) is 9.97. The SMILES string of the molecule is CN(CC1CC(C(F)(F)F)CC(C(F)(F)F)C1)C(=O)C(C1CCCCC1)N1CCN(C2CCCCC2)CC1. The minimum atomic E-state index is -4.66. The van der Waals surface area contributed by atoms with E-state index in [0.717, 1.165) is 58.3 Å². The van der Waals surface area contributed by atoms with Gasteiger partial charge in [-0.15, -0.1) is 0 Å². The molecule has 3 aliphatic carbocycles. The predicted molar refractivity (Wildman–Crippen MR) is 134 cm³/mol. The van der Waals surface area contributed by atoms with Crippen molar-refractivity contribution in [2.75, 3.05) is 39.8 Å². The summed E-state index contributed by atoms with van der Waals surface area (Å²) in [5.74, 6) is -4.69. The molecule has 1 saturated heterocycles. The quantitative estimate of drug-likeness (QED) is 0.352. The molecule has 1 aliphatic heterocycles. The molecule has 1 heterocycles. The van der Waals surface area contributed by atoms with Crippen molar-refractivity contribution in [2.24, 2.45) is 23.7 Å². The van der Waals surface area contributed by atoms with Crippen LogP contribution in [-0.2, 0) is 4.79 Å². The van der Waals surface area contributed by atoms with Gasteiger partial charge in [-0.1, -0.05) is 38.5 Å². The summed E-state index contributed by atoms with van der Waals surface area (Å²) < 4.78 is 81.0. The molecule has 3 saturated carbocycles. The molecule has 1 amide bonds. The highest BCUT2D eigenvalue weighted by molar-refractivity contribution is 5.82. The van der Waals surface area contributed by atoms with Gasteiger partial charge in [0, 0.05) is 45.8 Å². The van der Waals surface area contributed by atoms with Gasteiger partial charge < -0.3 is 4.90 Å². The third-order valence-corrected chi connectivity index (χ3v) is 9.82. The summed E-state index contributed by atoms with van der Waals surface area (Å²) in [7, 11) is 1.58. The number of hydrogen-bond acceptors (Lipinski definition) is 3. The van der Waals surface area contributed by atoms with Crippen LogP contribution in [0.15, 0.2) is 0 Å². The molecule has 0 N–H and O–H groups in total. The Hall–Kier alpha value is -1.03. The number of halogens is 6. The summed E-state index contributed by atoms with van der Waals surface area (Å²) in [6.45, 7) is 3.34. The van der Waals surface area contributed by atoms with Crippen LogP contribution in [0.4, 0.5) is 26.3 Å². The van der Waals surface area contributed by atoms with Crippen molar-refractivity contribution >= 4 is 5.91 Å². The van der Waals surface area contributed by atoms with E-state index in [4.69, 9.17) is 0 Å². The minimum absolute atomic E-state index is 0.0523. The summed E-state index contributed by atoms with van der Waals surface area (Å²) in [5.41, 5.74) is 0. The topological polar surface area (TPSA) is 26.8 Å². The zero-order chi connectivity index (χ0) is 27.5. The number of likely N-dealkylation sites (N-methyl/N-ethyl adjacent to an activating group) is 1. The number of amides is 1. The normalized spacial score (nSPS) is 30.8. The summed E-state index contributed by atoms with van der Waals surface area (Å²) in [5, 5.41) is 0. The molecule has 0 aromatic heterocycles. The predicted octanol–water partition coefficient (Wildman–Crippen LogP) is 6.50. The number of nitrogens with zero attached hydrogens (tertiary/aromatic N) is 3. The Morgan fingerprint density at radius 3 is 1.76 bits per heavy atom. The van der Waals surface area contributed by atoms with E-state index in [-0.39, 0.29) is 37.3 Å². The Bertz CT molecular complexity index is 733. The Morgan fingerprint density at radius 1 is 0.763 bits per heavy atom. The summed E-state index contributed by atoms with van der Waals surface area (Å²) >= 11 is 0. The molecule has 0 bridgehead atoms. The molecule has 3 unspecified atom stereocenters. The van der Waals surface area contributed by atoms with Crippen molar-refractivity contribution in [3.8, 4) is 0 Å². The van der Waals surface area contributed by atoms with Crippen molar-refractivity contribution in [3.05, 3.63) is 0 Å². The maximum atomic E-state index is 13.9. The van der Waals surface area contributed by atoms with Gasteiger partial charge in [-0.25, -0.2) is 0 Å². The van der Waals surface area contributed by atoms with Gasteiger partial charge in [-0.2, -0.15) is 26.3 Å². The highest BCUT2D eigenvalue weighted by atomic mass is 19.4. The van der Waals surface area contributed by atoms with E-state index < -0.39 is 36.5 Å². The number of carbonyl (C=O) groups is 1. The second-order valence-electron chi connectivity index (χ2n) is 12.5. The van der Waals surface area contributed by atoms with Gasteiger partial charge in [0.2, 0.25) is 5.91 Å². The Labute approximate surface area is 223 Å². The monoisotopic (exact) mass is 553 g/mol. The summed E-state index contributed by atoms with van der Waals surface area (Å²) in [4.78, 5) is 20.2. The zero-order valence-corrected chi connectivity index (χ0v) is 22.7. The van der Waals surface area contributed by atoms with Gasteiger partial charge in [-0.3, -0.25) is 14.6 Å². The molecule has 0 aromatic carbocycles. The average molecular weight is 554 g/mol. The molecule has 4 rings (SSSR count). The van der Waals surface area contributed by atoms with Gasteiger partial charge in [0.05, 0.1) is 17.9 Å². The van der Waals surface area contributed by atoms with Crippen LogP contribution < -0.4 is 0 Å². The first kappa shape index (κ1) is 29.9. The molecular weight excluding hydrogens is 508 g/mol. The first-order valence-corrected chi connectivity index (χ1v) is 14.8. The Morgan fingerprint density at radius 2 is 1.26 bits per heavy atom. The second kappa shape index (κ2) is 12.6. The molecule has 4 fully saturated rings. The molecule has 10 heteroatoms. The van der Waals surface area contributed by atoms with Crippen molar-refractivity contribution < 1.29 is 31.1 Å². The van der Waals surface area contributed by atoms with Crippen LogP contribution in [0.25, 0.3) is 0 Å². The number of alkyl halides is 6. The minimum Gasteiger partial charge on any atom is -0.344 e. The van der Waals surface area contributed by atoms with Crippen molar-refractivity contribution in [1.82, 2.24) is 14.7 Å². The smallest absolute Gasteiger partial charge is 0.344 e. The third-order valence-electron chi connectivity index (χ3n) is 9.82. The van der Waals surface area contributed by atoms with E-state index in [1.54, 1.807) is 7.05 Å². The zero-order valence-electron chi connectivity index (χ0n) is 22.7. The van der Waals surface area contributed by atoms with E-state index in [0.29, 0.717) is 6.04 Å². The second-order valence-corrected chi connectivity index (χ2v) is 12.5. The van der Waals surface area contributed by atoms with Gasteiger partial charge >= 0.3 is 12.4 Å². The van der Waals surface area contributed by atoms with E-state index in [1.807, 2.05) is 0 Å². The first-order valence-electron chi connectivity index (χ1n) is 14.8. The van der Waals surface area contributed by atoms with E-state index in [9.17, 15) is 31.1 Å². The lowest BCUT2D eigenvalue weighted by atomic mass is 9.74. The maximum Gasteiger partial charge on any atom is 0.391 e. The van der Waals surface area contributed by atoms with Crippen LogP contribution in [0.5, 0.6) is 0 Å². The molecule has 3 atom stereocenters. The lowest BCUT2D eigenvalue weighted by Crippen LogP contribution is -2.59. The van der Waals surface area contributed by atoms with E-state index in [2.05, 4.69) is 9.80 Å². The highest BCUT2D eigenvalue weighted by Crippen LogP contribution is 2.48. The Balaban J connectivity index is 1.42. The fourth-order valence-corrected chi connectivity index (χ4v) is 7.76. The van der Waals surface area contributed by atoms with E-state index in [1.165, 1.54) is 37.0 Å². The van der Waals surface area contributed by atoms with Gasteiger partial charge in [0.1, 0.15) is 0 Å². The van der Waals surface area contributed by atoms with Gasteiger partial charge in [-0.05, 0) is 56.8 Å².